The van der Waals surface area contributed by atoms with Crippen molar-refractivity contribution >= 4 is 44.7 Å². The molecule has 2 aliphatic heterocycles. The zero-order chi connectivity index (χ0) is 25.9. The maximum atomic E-state index is 14.2. The van der Waals surface area contributed by atoms with Crippen LogP contribution in [0.1, 0.15) is 37.3 Å². The van der Waals surface area contributed by atoms with Crippen LogP contribution in [-0.2, 0) is 27.2 Å². The lowest BCUT2D eigenvalue weighted by atomic mass is 9.95. The average Bonchev–Trinajstić information content (AvgIpc) is 3.39. The van der Waals surface area contributed by atoms with Crippen LogP contribution in [0.2, 0.25) is 0 Å². The Labute approximate surface area is 221 Å². The number of fused-ring (bicyclic) bond motifs is 2. The van der Waals surface area contributed by atoms with Crippen molar-refractivity contribution in [3.63, 3.8) is 0 Å². The van der Waals surface area contributed by atoms with Gasteiger partial charge in [0.1, 0.15) is 11.9 Å². The number of piperazine rings is 1. The van der Waals surface area contributed by atoms with Crippen LogP contribution >= 0.6 is 11.3 Å². The van der Waals surface area contributed by atoms with Crippen LogP contribution in [-0.4, -0.2) is 62.7 Å². The number of carbonyl (C=O) groups is 2. The highest BCUT2D eigenvalue weighted by atomic mass is 32.1. The lowest BCUT2D eigenvalue weighted by Crippen LogP contribution is -2.48. The van der Waals surface area contributed by atoms with Gasteiger partial charge in [-0.25, -0.2) is 9.18 Å². The number of carbonyl (C=O) groups excluding carboxylic acids is 2. The smallest absolute Gasteiger partial charge is 0.328 e. The van der Waals surface area contributed by atoms with Gasteiger partial charge in [-0.15, -0.1) is 11.3 Å². The molecule has 37 heavy (non-hydrogen) atoms. The van der Waals surface area contributed by atoms with Crippen LogP contribution in [0.3, 0.4) is 0 Å². The van der Waals surface area contributed by atoms with Crippen molar-refractivity contribution < 1.29 is 18.7 Å². The molecule has 196 valence electrons. The Balaban J connectivity index is 1.25. The van der Waals surface area contributed by atoms with Gasteiger partial charge in [0.05, 0.1) is 7.11 Å². The van der Waals surface area contributed by atoms with E-state index in [2.05, 4.69) is 34.1 Å². The van der Waals surface area contributed by atoms with E-state index in [4.69, 9.17) is 4.74 Å². The summed E-state index contributed by atoms with van der Waals surface area (Å²) in [6, 6.07) is 11.1. The van der Waals surface area contributed by atoms with Gasteiger partial charge in [-0.05, 0) is 60.0 Å². The number of nitrogens with zero attached hydrogens (tertiary/aromatic N) is 3. The first-order valence-electron chi connectivity index (χ1n) is 13.1. The molecule has 0 N–H and O–H groups in total. The van der Waals surface area contributed by atoms with Crippen LogP contribution in [0.25, 0.3) is 10.1 Å². The van der Waals surface area contributed by atoms with E-state index < -0.39 is 6.04 Å². The lowest BCUT2D eigenvalue weighted by molar-refractivity contribution is -0.143. The highest BCUT2D eigenvalue weighted by Crippen LogP contribution is 2.34. The molecule has 1 amide bonds. The lowest BCUT2D eigenvalue weighted by Gasteiger charge is -2.37. The molecule has 0 saturated carbocycles. The maximum absolute atomic E-state index is 14.2. The predicted octanol–water partition coefficient (Wildman–Crippen LogP) is 5.03. The largest absolute Gasteiger partial charge is 0.467 e. The third-order valence-corrected chi connectivity index (χ3v) is 8.44. The fraction of sp³-hybridized carbons (Fsp3) is 0.448. The number of hydrogen-bond acceptors (Lipinski definition) is 6. The van der Waals surface area contributed by atoms with Crippen molar-refractivity contribution in [2.75, 3.05) is 49.6 Å². The third-order valence-electron chi connectivity index (χ3n) is 7.58. The summed E-state index contributed by atoms with van der Waals surface area (Å²) in [6.45, 7) is 6.47. The van der Waals surface area contributed by atoms with Crippen molar-refractivity contribution in [2.45, 2.75) is 45.1 Å². The van der Waals surface area contributed by atoms with Crippen molar-refractivity contribution in [1.82, 2.24) is 4.90 Å². The second-order valence-corrected chi connectivity index (χ2v) is 10.8. The molecule has 0 bridgehead atoms. The summed E-state index contributed by atoms with van der Waals surface area (Å²) in [5, 5.41) is 3.15. The van der Waals surface area contributed by atoms with E-state index in [1.165, 1.54) is 7.11 Å². The van der Waals surface area contributed by atoms with Crippen molar-refractivity contribution in [2.24, 2.45) is 0 Å². The normalized spacial score (nSPS) is 17.2. The number of anilines is 2. The summed E-state index contributed by atoms with van der Waals surface area (Å²) < 4.78 is 20.2. The molecule has 0 spiro atoms. The standard InChI is InChI=1S/C29H34FN3O3S/c1-3-4-24(29(35)36-2)33-25-17-20(5-6-21(25)7-8-28(33)34)9-11-31-12-14-32(15-13-31)26-18-22(30)19-27-23(26)10-16-37-27/h5-6,10,16-19,24H,3-4,7-9,11-15H2,1-2H3. The number of amides is 1. The minimum atomic E-state index is -0.581. The van der Waals surface area contributed by atoms with Gasteiger partial charge in [-0.2, -0.15) is 0 Å². The molecule has 0 radical (unpaired) electrons. The summed E-state index contributed by atoms with van der Waals surface area (Å²) >= 11 is 1.58. The minimum absolute atomic E-state index is 0.0123. The van der Waals surface area contributed by atoms with Crippen LogP contribution < -0.4 is 9.80 Å². The number of methoxy groups -OCH3 is 1. The first kappa shape index (κ1) is 25.7. The first-order chi connectivity index (χ1) is 18.0. The first-order valence-corrected chi connectivity index (χ1v) is 14.0. The molecule has 1 fully saturated rings. The summed E-state index contributed by atoms with van der Waals surface area (Å²) in [6.07, 6.45) is 3.34. The molecule has 8 heteroatoms. The second kappa shape index (κ2) is 11.2. The topological polar surface area (TPSA) is 53.1 Å². The van der Waals surface area contributed by atoms with Gasteiger partial charge >= 0.3 is 5.97 Å². The van der Waals surface area contributed by atoms with Crippen LogP contribution in [0.15, 0.2) is 41.8 Å². The highest BCUT2D eigenvalue weighted by molar-refractivity contribution is 7.17. The van der Waals surface area contributed by atoms with E-state index in [9.17, 15) is 14.0 Å². The van der Waals surface area contributed by atoms with E-state index >= 15 is 0 Å². The Morgan fingerprint density at radius 2 is 1.89 bits per heavy atom. The highest BCUT2D eigenvalue weighted by Gasteiger charge is 2.35. The number of esters is 1. The molecule has 2 aliphatic rings. The summed E-state index contributed by atoms with van der Waals surface area (Å²) in [4.78, 5) is 31.9. The van der Waals surface area contributed by atoms with Crippen molar-refractivity contribution in [1.29, 1.82) is 0 Å². The molecule has 0 aliphatic carbocycles. The van der Waals surface area contributed by atoms with E-state index in [1.54, 1.807) is 28.4 Å². The van der Waals surface area contributed by atoms with Crippen LogP contribution in [0.4, 0.5) is 15.8 Å². The van der Waals surface area contributed by atoms with Gasteiger partial charge in [-0.3, -0.25) is 14.6 Å². The molecule has 1 aromatic heterocycles. The van der Waals surface area contributed by atoms with Crippen LogP contribution in [0, 0.1) is 5.82 Å². The molecule has 1 saturated heterocycles. The van der Waals surface area contributed by atoms with Gasteiger partial charge in [0.15, 0.2) is 0 Å². The number of aryl methyl sites for hydroxylation is 1. The van der Waals surface area contributed by atoms with E-state index in [0.717, 1.165) is 78.2 Å². The number of rotatable bonds is 8. The molecule has 2 aromatic carbocycles. The average molecular weight is 524 g/mol. The SMILES string of the molecule is CCCC(C(=O)OC)N1C(=O)CCc2ccc(CCN3CCN(c4cc(F)cc5sccc45)CC3)cc21. The number of hydrogen-bond donors (Lipinski definition) is 0. The Morgan fingerprint density at radius 3 is 2.65 bits per heavy atom. The van der Waals surface area contributed by atoms with E-state index in [-0.39, 0.29) is 17.7 Å². The monoisotopic (exact) mass is 523 g/mol. The summed E-state index contributed by atoms with van der Waals surface area (Å²) in [5.41, 5.74) is 4.11. The molecular weight excluding hydrogens is 489 g/mol. The van der Waals surface area contributed by atoms with Crippen LogP contribution in [0.5, 0.6) is 0 Å². The maximum Gasteiger partial charge on any atom is 0.328 e. The zero-order valence-corrected chi connectivity index (χ0v) is 22.4. The fourth-order valence-electron chi connectivity index (χ4n) is 5.58. The number of halogens is 1. The molecule has 3 aromatic rings. The van der Waals surface area contributed by atoms with E-state index in [0.29, 0.717) is 19.3 Å². The minimum Gasteiger partial charge on any atom is -0.467 e. The Morgan fingerprint density at radius 1 is 1.08 bits per heavy atom. The molecule has 5 rings (SSSR count). The Bertz CT molecular complexity index is 1280. The predicted molar refractivity (Wildman–Crippen MR) is 147 cm³/mol. The fourth-order valence-corrected chi connectivity index (χ4v) is 6.41. The third kappa shape index (κ3) is 5.36. The zero-order valence-electron chi connectivity index (χ0n) is 21.5. The van der Waals surface area contributed by atoms with E-state index in [1.807, 2.05) is 12.3 Å². The molecule has 6 nitrogen and oxygen atoms in total. The molecule has 1 atom stereocenters. The molecule has 1 unspecified atom stereocenters. The van der Waals surface area contributed by atoms with Crippen molar-refractivity contribution in [3.8, 4) is 0 Å². The Hall–Kier alpha value is -2.97. The molecular formula is C29H34FN3O3S. The van der Waals surface area contributed by atoms with Crippen molar-refractivity contribution in [3.05, 3.63) is 58.7 Å². The Kier molecular flexibility index (Phi) is 7.76. The molecule has 3 heterocycles. The second-order valence-electron chi connectivity index (χ2n) is 9.89. The number of benzene rings is 2. The number of ether oxygens (including phenoxy) is 1. The van der Waals surface area contributed by atoms with Gasteiger partial charge in [0.25, 0.3) is 0 Å². The van der Waals surface area contributed by atoms with Gasteiger partial charge in [-0.1, -0.05) is 25.5 Å². The summed E-state index contributed by atoms with van der Waals surface area (Å²) in [7, 11) is 1.38. The quantitative estimate of drug-likeness (QED) is 0.388. The summed E-state index contributed by atoms with van der Waals surface area (Å²) in [5.74, 6) is -0.549. The number of thiophene rings is 1. The van der Waals surface area contributed by atoms with Gasteiger partial charge < -0.3 is 9.64 Å². The van der Waals surface area contributed by atoms with Gasteiger partial charge in [0.2, 0.25) is 5.91 Å². The van der Waals surface area contributed by atoms with Gasteiger partial charge in [0, 0.05) is 60.6 Å².